The highest BCUT2D eigenvalue weighted by Gasteiger charge is 2.26. The molecular formula is C15H21N5OS2. The quantitative estimate of drug-likeness (QED) is 0.749. The lowest BCUT2D eigenvalue weighted by Gasteiger charge is -2.36. The van der Waals surface area contributed by atoms with E-state index in [0.717, 1.165) is 41.7 Å². The van der Waals surface area contributed by atoms with Gasteiger partial charge in [0, 0.05) is 31.5 Å². The topological polar surface area (TPSA) is 63.9 Å². The highest BCUT2D eigenvalue weighted by atomic mass is 32.2. The Hall–Kier alpha value is -1.41. The number of hydrogen-bond donors (Lipinski definition) is 0. The number of amides is 1. The monoisotopic (exact) mass is 351 g/mol. The van der Waals surface area contributed by atoms with E-state index in [9.17, 15) is 4.79 Å². The summed E-state index contributed by atoms with van der Waals surface area (Å²) < 4.78 is 2.96. The predicted octanol–water partition coefficient (Wildman–Crippen LogP) is 2.61. The van der Waals surface area contributed by atoms with Crippen molar-refractivity contribution >= 4 is 29.0 Å². The van der Waals surface area contributed by atoms with Crippen LogP contribution in [0.1, 0.15) is 30.7 Å². The molecule has 0 unspecified atom stereocenters. The first kappa shape index (κ1) is 16.4. The Morgan fingerprint density at radius 3 is 3.09 bits per heavy atom. The van der Waals surface area contributed by atoms with E-state index in [-0.39, 0.29) is 5.91 Å². The molecule has 0 N–H and O–H groups in total. The molecule has 0 aliphatic carbocycles. The lowest BCUT2D eigenvalue weighted by Crippen LogP contribution is -2.45. The molecule has 23 heavy (non-hydrogen) atoms. The number of hydrogen-bond acceptors (Lipinski definition) is 6. The van der Waals surface area contributed by atoms with Gasteiger partial charge in [-0.25, -0.2) is 4.98 Å². The largest absolute Gasteiger partial charge is 0.339 e. The van der Waals surface area contributed by atoms with Crippen LogP contribution < -0.4 is 0 Å². The third kappa shape index (κ3) is 4.54. The minimum Gasteiger partial charge on any atom is -0.339 e. The molecule has 0 spiro atoms. The van der Waals surface area contributed by atoms with E-state index in [0.29, 0.717) is 11.8 Å². The molecule has 1 atom stereocenters. The van der Waals surface area contributed by atoms with Gasteiger partial charge in [0.15, 0.2) is 4.34 Å². The zero-order valence-electron chi connectivity index (χ0n) is 13.2. The Kier molecular flexibility index (Phi) is 5.66. The summed E-state index contributed by atoms with van der Waals surface area (Å²) in [5.74, 6) is 0.675. The average molecular weight is 352 g/mol. The van der Waals surface area contributed by atoms with Crippen molar-refractivity contribution in [3.63, 3.8) is 0 Å². The number of rotatable bonds is 6. The maximum absolute atomic E-state index is 12.6. The number of carbonyl (C=O) groups excluding carboxylic acids is 1. The number of aryl methyl sites for hydroxylation is 2. The van der Waals surface area contributed by atoms with E-state index >= 15 is 0 Å². The second kappa shape index (κ2) is 7.92. The van der Waals surface area contributed by atoms with Crippen molar-refractivity contribution in [3.8, 4) is 0 Å². The number of likely N-dealkylation sites (tertiary alicyclic amines) is 1. The fourth-order valence-electron chi connectivity index (χ4n) is 2.89. The number of carbonyl (C=O) groups is 1. The highest BCUT2D eigenvalue weighted by molar-refractivity contribution is 8.01. The summed E-state index contributed by atoms with van der Waals surface area (Å²) in [6.45, 7) is 3.72. The van der Waals surface area contributed by atoms with Gasteiger partial charge >= 0.3 is 0 Å². The summed E-state index contributed by atoms with van der Waals surface area (Å²) in [4.78, 5) is 18.7. The van der Waals surface area contributed by atoms with Gasteiger partial charge in [0.05, 0.1) is 12.1 Å². The van der Waals surface area contributed by atoms with Gasteiger partial charge in [-0.15, -0.1) is 10.2 Å². The first-order chi connectivity index (χ1) is 11.2. The lowest BCUT2D eigenvalue weighted by atomic mass is 9.99. The normalized spacial score (nSPS) is 18.3. The van der Waals surface area contributed by atoms with Gasteiger partial charge in [0.2, 0.25) is 5.91 Å². The fraction of sp³-hybridized carbons (Fsp3) is 0.600. The minimum absolute atomic E-state index is 0.221. The van der Waals surface area contributed by atoms with E-state index < -0.39 is 0 Å². The van der Waals surface area contributed by atoms with Gasteiger partial charge in [0.25, 0.3) is 0 Å². The maximum Gasteiger partial charge on any atom is 0.233 e. The maximum atomic E-state index is 12.6. The molecule has 0 radical (unpaired) electrons. The van der Waals surface area contributed by atoms with E-state index in [2.05, 4.69) is 24.6 Å². The lowest BCUT2D eigenvalue weighted by molar-refractivity contribution is -0.132. The van der Waals surface area contributed by atoms with E-state index in [1.54, 1.807) is 17.5 Å². The molecule has 0 saturated carbocycles. The van der Waals surface area contributed by atoms with Crippen LogP contribution in [0.2, 0.25) is 0 Å². The van der Waals surface area contributed by atoms with Gasteiger partial charge in [-0.1, -0.05) is 23.1 Å². The van der Waals surface area contributed by atoms with Crippen molar-refractivity contribution in [2.45, 2.75) is 49.5 Å². The van der Waals surface area contributed by atoms with E-state index in [1.165, 1.54) is 18.2 Å². The first-order valence-electron chi connectivity index (χ1n) is 7.90. The third-order valence-electron chi connectivity index (χ3n) is 4.05. The van der Waals surface area contributed by atoms with Crippen molar-refractivity contribution in [3.05, 3.63) is 23.7 Å². The fourth-order valence-corrected chi connectivity index (χ4v) is 4.59. The van der Waals surface area contributed by atoms with Crippen LogP contribution in [-0.4, -0.2) is 48.9 Å². The van der Waals surface area contributed by atoms with Crippen molar-refractivity contribution in [2.24, 2.45) is 0 Å². The zero-order chi connectivity index (χ0) is 16.1. The molecule has 1 amide bonds. The average Bonchev–Trinajstić information content (AvgIpc) is 3.22. The summed E-state index contributed by atoms with van der Waals surface area (Å²) >= 11 is 3.04. The van der Waals surface area contributed by atoms with Crippen molar-refractivity contribution < 1.29 is 4.79 Å². The number of imidazole rings is 1. The molecule has 0 bridgehead atoms. The van der Waals surface area contributed by atoms with Gasteiger partial charge in [-0.3, -0.25) is 4.79 Å². The molecule has 1 aliphatic heterocycles. The van der Waals surface area contributed by atoms with Crippen molar-refractivity contribution in [2.75, 3.05) is 12.3 Å². The molecule has 3 heterocycles. The number of nitrogens with zero attached hydrogens (tertiary/aromatic N) is 5. The standard InChI is InChI=1S/C15H21N5OS2/c1-12-17-18-15(23-12)22-10-14(21)20-7-3-2-4-13(20)5-8-19-9-6-16-11-19/h6,9,11,13H,2-5,7-8,10H2,1H3/t13-/m0/s1. The van der Waals surface area contributed by atoms with Crippen LogP contribution in [0.3, 0.4) is 0 Å². The van der Waals surface area contributed by atoms with Crippen LogP contribution in [0.4, 0.5) is 0 Å². The highest BCUT2D eigenvalue weighted by Crippen LogP contribution is 2.25. The Balaban J connectivity index is 1.53. The third-order valence-corrected chi connectivity index (χ3v) is 6.01. The molecule has 3 rings (SSSR count). The Morgan fingerprint density at radius 2 is 2.35 bits per heavy atom. The summed E-state index contributed by atoms with van der Waals surface area (Å²) in [6.07, 6.45) is 10.0. The summed E-state index contributed by atoms with van der Waals surface area (Å²) in [5.41, 5.74) is 0. The van der Waals surface area contributed by atoms with E-state index in [4.69, 9.17) is 0 Å². The van der Waals surface area contributed by atoms with Crippen LogP contribution in [0.25, 0.3) is 0 Å². The van der Waals surface area contributed by atoms with Crippen LogP contribution in [-0.2, 0) is 11.3 Å². The van der Waals surface area contributed by atoms with Crippen LogP contribution in [0.15, 0.2) is 23.1 Å². The summed E-state index contributed by atoms with van der Waals surface area (Å²) in [7, 11) is 0. The number of piperidine rings is 1. The summed E-state index contributed by atoms with van der Waals surface area (Å²) in [5, 5.41) is 9.01. The van der Waals surface area contributed by atoms with Crippen molar-refractivity contribution in [1.29, 1.82) is 0 Å². The Bertz CT molecular complexity index is 628. The molecule has 0 aromatic carbocycles. The Labute approximate surface area is 144 Å². The second-order valence-corrected chi connectivity index (χ2v) is 8.11. The van der Waals surface area contributed by atoms with Crippen LogP contribution in [0, 0.1) is 6.92 Å². The smallest absolute Gasteiger partial charge is 0.233 e. The predicted molar refractivity (Wildman–Crippen MR) is 91.6 cm³/mol. The van der Waals surface area contributed by atoms with Gasteiger partial charge in [0.1, 0.15) is 5.01 Å². The minimum atomic E-state index is 0.221. The molecule has 1 fully saturated rings. The van der Waals surface area contributed by atoms with Gasteiger partial charge in [-0.05, 0) is 32.6 Å². The molecular weight excluding hydrogens is 330 g/mol. The van der Waals surface area contributed by atoms with E-state index in [1.807, 2.05) is 19.4 Å². The number of aromatic nitrogens is 4. The molecule has 1 saturated heterocycles. The first-order valence-corrected chi connectivity index (χ1v) is 9.70. The van der Waals surface area contributed by atoms with Crippen LogP contribution >= 0.6 is 23.1 Å². The molecule has 2 aromatic heterocycles. The second-order valence-electron chi connectivity index (χ2n) is 5.70. The molecule has 124 valence electrons. The molecule has 1 aliphatic rings. The molecule has 2 aromatic rings. The molecule has 8 heteroatoms. The SMILES string of the molecule is Cc1nnc(SCC(=O)N2CCCC[C@H]2CCn2ccnc2)s1. The number of thioether (sulfide) groups is 1. The summed E-state index contributed by atoms with van der Waals surface area (Å²) in [6, 6.07) is 0.343. The van der Waals surface area contributed by atoms with Gasteiger partial charge < -0.3 is 9.47 Å². The zero-order valence-corrected chi connectivity index (χ0v) is 14.9. The Morgan fingerprint density at radius 1 is 1.43 bits per heavy atom. The van der Waals surface area contributed by atoms with Crippen LogP contribution in [0.5, 0.6) is 0 Å². The molecule has 6 nitrogen and oxygen atoms in total. The van der Waals surface area contributed by atoms with Crippen molar-refractivity contribution in [1.82, 2.24) is 24.6 Å². The van der Waals surface area contributed by atoms with Gasteiger partial charge in [-0.2, -0.15) is 0 Å².